The van der Waals surface area contributed by atoms with Crippen molar-refractivity contribution in [3.8, 4) is 0 Å². The van der Waals surface area contributed by atoms with E-state index in [0.717, 1.165) is 6.54 Å². The molecule has 16 heavy (non-hydrogen) atoms. The van der Waals surface area contributed by atoms with E-state index in [1.807, 2.05) is 13.8 Å². The van der Waals surface area contributed by atoms with E-state index in [0.29, 0.717) is 19.0 Å². The highest BCUT2D eigenvalue weighted by Gasteiger charge is 2.53. The van der Waals surface area contributed by atoms with Gasteiger partial charge < -0.3 is 10.2 Å². The Bertz CT molecular complexity index is 228. The molecule has 1 unspecified atom stereocenters. The van der Waals surface area contributed by atoms with Crippen molar-refractivity contribution in [1.82, 2.24) is 10.2 Å². The van der Waals surface area contributed by atoms with Gasteiger partial charge in [0.2, 0.25) is 0 Å². The van der Waals surface area contributed by atoms with E-state index >= 15 is 0 Å². The molecule has 5 heteroatoms. The van der Waals surface area contributed by atoms with Crippen LogP contribution in [-0.4, -0.2) is 42.8 Å². The van der Waals surface area contributed by atoms with Gasteiger partial charge in [0.05, 0.1) is 0 Å². The maximum absolute atomic E-state index is 13.0. The molecule has 0 aromatic carbocycles. The Kier molecular flexibility index (Phi) is 4.23. The van der Waals surface area contributed by atoms with E-state index < -0.39 is 11.7 Å². The quantitative estimate of drug-likeness (QED) is 0.794. The maximum Gasteiger partial charge on any atom is 0.406 e. The predicted octanol–water partition coefficient (Wildman–Crippen LogP) is 2.40. The Labute approximate surface area is 95.2 Å². The third kappa shape index (κ3) is 2.69. The molecule has 1 aliphatic heterocycles. The molecule has 96 valence electrons. The number of hydrogen-bond acceptors (Lipinski definition) is 2. The van der Waals surface area contributed by atoms with Gasteiger partial charge in [-0.15, -0.1) is 0 Å². The fraction of sp³-hybridized carbons (Fsp3) is 1.00. The molecular formula is C11H21F3N2. The van der Waals surface area contributed by atoms with E-state index in [9.17, 15) is 13.2 Å². The fourth-order valence-electron chi connectivity index (χ4n) is 2.35. The standard InChI is InChI=1S/C11H21F3N2/c1-9(2)16-7-4-5-10(15-3,6-8-16)11(12,13)14/h9,15H,4-8H2,1-3H3. The first-order valence-corrected chi connectivity index (χ1v) is 5.82. The van der Waals surface area contributed by atoms with Gasteiger partial charge in [-0.2, -0.15) is 13.2 Å². The number of nitrogens with zero attached hydrogens (tertiary/aromatic N) is 1. The van der Waals surface area contributed by atoms with Crippen LogP contribution in [0.5, 0.6) is 0 Å². The minimum atomic E-state index is -4.16. The van der Waals surface area contributed by atoms with Crippen molar-refractivity contribution in [2.75, 3.05) is 20.1 Å². The van der Waals surface area contributed by atoms with Gasteiger partial charge in [-0.25, -0.2) is 0 Å². The second kappa shape index (κ2) is 4.92. The van der Waals surface area contributed by atoms with Crippen LogP contribution in [0.1, 0.15) is 33.1 Å². The molecule has 1 heterocycles. The van der Waals surface area contributed by atoms with E-state index in [2.05, 4.69) is 10.2 Å². The summed E-state index contributed by atoms with van der Waals surface area (Å²) in [4.78, 5) is 2.12. The number of halogens is 3. The van der Waals surface area contributed by atoms with Crippen LogP contribution in [-0.2, 0) is 0 Å². The van der Waals surface area contributed by atoms with Crippen molar-refractivity contribution in [3.63, 3.8) is 0 Å². The zero-order valence-corrected chi connectivity index (χ0v) is 10.2. The molecule has 1 rings (SSSR count). The summed E-state index contributed by atoms with van der Waals surface area (Å²) < 4.78 is 39.1. The van der Waals surface area contributed by atoms with Crippen LogP contribution >= 0.6 is 0 Å². The number of hydrogen-bond donors (Lipinski definition) is 1. The maximum atomic E-state index is 13.0. The summed E-state index contributed by atoms with van der Waals surface area (Å²) in [7, 11) is 1.42. The minimum Gasteiger partial charge on any atom is -0.307 e. The first kappa shape index (κ1) is 13.8. The molecule has 0 radical (unpaired) electrons. The van der Waals surface area contributed by atoms with Gasteiger partial charge in [0, 0.05) is 12.6 Å². The molecule has 1 atom stereocenters. The molecule has 1 N–H and O–H groups in total. The second-order valence-corrected chi connectivity index (χ2v) is 4.81. The van der Waals surface area contributed by atoms with Crippen LogP contribution in [0.3, 0.4) is 0 Å². The number of likely N-dealkylation sites (tertiary alicyclic amines) is 1. The highest BCUT2D eigenvalue weighted by Crippen LogP contribution is 2.38. The first-order valence-electron chi connectivity index (χ1n) is 5.82. The first-order chi connectivity index (χ1) is 7.32. The van der Waals surface area contributed by atoms with Gasteiger partial charge in [0.25, 0.3) is 0 Å². The Morgan fingerprint density at radius 2 is 1.81 bits per heavy atom. The Morgan fingerprint density at radius 3 is 2.25 bits per heavy atom. The Morgan fingerprint density at radius 1 is 1.19 bits per heavy atom. The third-order valence-corrected chi connectivity index (χ3v) is 3.63. The molecule has 0 aromatic rings. The SMILES string of the molecule is CNC1(C(F)(F)F)CCCN(C(C)C)CC1. The molecule has 0 amide bonds. The van der Waals surface area contributed by atoms with Crippen molar-refractivity contribution in [3.05, 3.63) is 0 Å². The second-order valence-electron chi connectivity index (χ2n) is 4.81. The summed E-state index contributed by atoms with van der Waals surface area (Å²) in [5.41, 5.74) is -1.68. The Balaban J connectivity index is 2.76. The van der Waals surface area contributed by atoms with Gasteiger partial charge in [0.15, 0.2) is 0 Å². The highest BCUT2D eigenvalue weighted by molar-refractivity contribution is 4.96. The largest absolute Gasteiger partial charge is 0.406 e. The van der Waals surface area contributed by atoms with E-state index in [4.69, 9.17) is 0 Å². The molecule has 2 nitrogen and oxygen atoms in total. The van der Waals surface area contributed by atoms with Gasteiger partial charge in [0.1, 0.15) is 5.54 Å². The number of rotatable bonds is 2. The molecule has 0 spiro atoms. The summed E-state index contributed by atoms with van der Waals surface area (Å²) in [6.07, 6.45) is -3.24. The zero-order valence-electron chi connectivity index (χ0n) is 10.2. The van der Waals surface area contributed by atoms with Gasteiger partial charge in [-0.3, -0.25) is 0 Å². The van der Waals surface area contributed by atoms with Crippen molar-refractivity contribution in [2.45, 2.75) is 50.9 Å². The summed E-state index contributed by atoms with van der Waals surface area (Å²) >= 11 is 0. The van der Waals surface area contributed by atoms with Crippen LogP contribution in [0.25, 0.3) is 0 Å². The smallest absolute Gasteiger partial charge is 0.307 e. The van der Waals surface area contributed by atoms with Crippen molar-refractivity contribution >= 4 is 0 Å². The number of alkyl halides is 3. The number of nitrogens with one attached hydrogen (secondary N) is 1. The zero-order chi connectivity index (χ0) is 12.4. The molecule has 0 saturated carbocycles. The van der Waals surface area contributed by atoms with Gasteiger partial charge in [-0.05, 0) is 46.7 Å². The summed E-state index contributed by atoms with van der Waals surface area (Å²) in [5, 5.41) is 2.51. The molecule has 0 bridgehead atoms. The van der Waals surface area contributed by atoms with E-state index in [1.54, 1.807) is 0 Å². The third-order valence-electron chi connectivity index (χ3n) is 3.63. The normalized spacial score (nSPS) is 29.4. The van der Waals surface area contributed by atoms with E-state index in [-0.39, 0.29) is 12.8 Å². The average Bonchev–Trinajstić information content (AvgIpc) is 2.39. The molecular weight excluding hydrogens is 217 g/mol. The lowest BCUT2D eigenvalue weighted by atomic mass is 9.90. The minimum absolute atomic E-state index is 0.144. The summed E-state index contributed by atoms with van der Waals surface area (Å²) in [5.74, 6) is 0. The van der Waals surface area contributed by atoms with Crippen molar-refractivity contribution in [1.29, 1.82) is 0 Å². The molecule has 0 aliphatic carbocycles. The van der Waals surface area contributed by atoms with Crippen LogP contribution in [0.15, 0.2) is 0 Å². The van der Waals surface area contributed by atoms with Crippen molar-refractivity contribution < 1.29 is 13.2 Å². The van der Waals surface area contributed by atoms with Gasteiger partial charge >= 0.3 is 6.18 Å². The summed E-state index contributed by atoms with van der Waals surface area (Å²) in [6, 6.07) is 0.320. The van der Waals surface area contributed by atoms with Crippen LogP contribution in [0.2, 0.25) is 0 Å². The summed E-state index contributed by atoms with van der Waals surface area (Å²) in [6.45, 7) is 5.33. The van der Waals surface area contributed by atoms with Crippen LogP contribution in [0.4, 0.5) is 13.2 Å². The van der Waals surface area contributed by atoms with E-state index in [1.165, 1.54) is 7.05 Å². The lowest BCUT2D eigenvalue weighted by Crippen LogP contribution is -2.55. The van der Waals surface area contributed by atoms with Crippen LogP contribution in [0, 0.1) is 0 Å². The lowest BCUT2D eigenvalue weighted by molar-refractivity contribution is -0.198. The molecule has 1 fully saturated rings. The lowest BCUT2D eigenvalue weighted by Gasteiger charge is -2.35. The topological polar surface area (TPSA) is 15.3 Å². The highest BCUT2D eigenvalue weighted by atomic mass is 19.4. The van der Waals surface area contributed by atoms with Crippen LogP contribution < -0.4 is 5.32 Å². The monoisotopic (exact) mass is 238 g/mol. The predicted molar refractivity (Wildman–Crippen MR) is 58.4 cm³/mol. The average molecular weight is 238 g/mol. The molecule has 1 aliphatic rings. The molecule has 1 saturated heterocycles. The Hall–Kier alpha value is -0.290. The fourth-order valence-corrected chi connectivity index (χ4v) is 2.35. The molecule has 0 aromatic heterocycles. The van der Waals surface area contributed by atoms with Gasteiger partial charge in [-0.1, -0.05) is 0 Å². The van der Waals surface area contributed by atoms with Crippen molar-refractivity contribution in [2.24, 2.45) is 0 Å².